The maximum atomic E-state index is 12.2. The van der Waals surface area contributed by atoms with Crippen molar-refractivity contribution in [2.24, 2.45) is 0 Å². The van der Waals surface area contributed by atoms with Crippen LogP contribution in [-0.4, -0.2) is 39.7 Å². The second-order valence-electron chi connectivity index (χ2n) is 6.76. The summed E-state index contributed by atoms with van der Waals surface area (Å²) in [7, 11) is 0. The molecule has 154 valence electrons. The van der Waals surface area contributed by atoms with Crippen LogP contribution in [0.25, 0.3) is 11.2 Å². The van der Waals surface area contributed by atoms with Crippen LogP contribution >= 0.6 is 0 Å². The topological polar surface area (TPSA) is 86.2 Å². The maximum absolute atomic E-state index is 12.2. The summed E-state index contributed by atoms with van der Waals surface area (Å²) in [5.41, 5.74) is 3.45. The maximum Gasteiger partial charge on any atom is 0.341 e. The zero-order chi connectivity index (χ0) is 20.8. The smallest absolute Gasteiger partial charge is 0.341 e. The summed E-state index contributed by atoms with van der Waals surface area (Å²) < 4.78 is 12.3. The molecule has 1 aromatic carbocycles. The van der Waals surface area contributed by atoms with Gasteiger partial charge in [0.15, 0.2) is 0 Å². The van der Waals surface area contributed by atoms with Crippen molar-refractivity contribution in [1.29, 1.82) is 0 Å². The van der Waals surface area contributed by atoms with Crippen LogP contribution in [0.1, 0.15) is 65.7 Å². The van der Waals surface area contributed by atoms with Gasteiger partial charge < -0.3 is 19.0 Å². The van der Waals surface area contributed by atoms with Crippen molar-refractivity contribution < 1.29 is 19.1 Å². The highest BCUT2D eigenvalue weighted by Crippen LogP contribution is 2.23. The quantitative estimate of drug-likeness (QED) is 0.549. The van der Waals surface area contributed by atoms with Crippen molar-refractivity contribution in [1.82, 2.24) is 14.5 Å². The third-order valence-electron chi connectivity index (χ3n) is 4.71. The Morgan fingerprint density at radius 1 is 1.03 bits per heavy atom. The fourth-order valence-electron chi connectivity index (χ4n) is 3.25. The average Bonchev–Trinajstić information content (AvgIpc) is 3.27. The van der Waals surface area contributed by atoms with Crippen LogP contribution in [0, 0.1) is 0 Å². The number of aromatic nitrogens is 3. The van der Waals surface area contributed by atoms with Gasteiger partial charge in [-0.15, -0.1) is 0 Å². The van der Waals surface area contributed by atoms with Crippen molar-refractivity contribution in [2.45, 2.75) is 46.6 Å². The van der Waals surface area contributed by atoms with Crippen molar-refractivity contribution >= 4 is 23.1 Å². The summed E-state index contributed by atoms with van der Waals surface area (Å²) in [4.78, 5) is 32.0. The zero-order valence-electron chi connectivity index (χ0n) is 17.2. The van der Waals surface area contributed by atoms with E-state index in [-0.39, 0.29) is 11.9 Å². The SMILES string of the molecule is CCCCc1nc2c(C(=O)OCC)c[nH]c2n1Cc1ccc(C(=O)OCC)cc1. The van der Waals surface area contributed by atoms with Gasteiger partial charge in [0, 0.05) is 12.6 Å². The monoisotopic (exact) mass is 397 g/mol. The fraction of sp³-hybridized carbons (Fsp3) is 0.409. The summed E-state index contributed by atoms with van der Waals surface area (Å²) in [5, 5.41) is 0. The number of carbonyl (C=O) groups excluding carboxylic acids is 2. The molecule has 0 fully saturated rings. The Morgan fingerprint density at radius 3 is 2.38 bits per heavy atom. The molecule has 0 bridgehead atoms. The highest BCUT2D eigenvalue weighted by Gasteiger charge is 2.20. The lowest BCUT2D eigenvalue weighted by molar-refractivity contribution is 0.0517. The third-order valence-corrected chi connectivity index (χ3v) is 4.71. The van der Waals surface area contributed by atoms with Gasteiger partial charge in [-0.2, -0.15) is 0 Å². The van der Waals surface area contributed by atoms with Crippen molar-refractivity contribution in [2.75, 3.05) is 13.2 Å². The minimum atomic E-state index is -0.371. The number of hydrogen-bond acceptors (Lipinski definition) is 5. The molecule has 0 atom stereocenters. The summed E-state index contributed by atoms with van der Waals surface area (Å²) in [6.45, 7) is 6.97. The number of carbonyl (C=O) groups is 2. The number of fused-ring (bicyclic) bond motifs is 1. The predicted molar refractivity (Wildman–Crippen MR) is 110 cm³/mol. The van der Waals surface area contributed by atoms with Gasteiger partial charge in [-0.1, -0.05) is 25.5 Å². The van der Waals surface area contributed by atoms with Crippen molar-refractivity contribution in [3.63, 3.8) is 0 Å². The number of imidazole rings is 1. The normalized spacial score (nSPS) is 11.0. The molecule has 2 heterocycles. The molecule has 0 saturated heterocycles. The van der Waals surface area contributed by atoms with Crippen LogP contribution in [0.2, 0.25) is 0 Å². The first-order valence-electron chi connectivity index (χ1n) is 10.1. The number of unbranched alkanes of at least 4 members (excludes halogenated alkanes) is 1. The number of H-pyrrole nitrogens is 1. The molecule has 0 unspecified atom stereocenters. The lowest BCUT2D eigenvalue weighted by atomic mass is 10.1. The molecule has 0 radical (unpaired) electrons. The fourth-order valence-corrected chi connectivity index (χ4v) is 3.25. The minimum Gasteiger partial charge on any atom is -0.462 e. The molecule has 0 spiro atoms. The minimum absolute atomic E-state index is 0.321. The summed E-state index contributed by atoms with van der Waals surface area (Å²) in [5.74, 6) is 0.231. The van der Waals surface area contributed by atoms with Gasteiger partial charge in [0.1, 0.15) is 22.6 Å². The lowest BCUT2D eigenvalue weighted by Crippen LogP contribution is -2.07. The molecule has 29 heavy (non-hydrogen) atoms. The number of ether oxygens (including phenoxy) is 2. The van der Waals surface area contributed by atoms with Crippen molar-refractivity contribution in [3.8, 4) is 0 Å². The zero-order valence-corrected chi connectivity index (χ0v) is 17.2. The Morgan fingerprint density at radius 2 is 1.72 bits per heavy atom. The molecule has 3 rings (SSSR count). The number of rotatable bonds is 9. The van der Waals surface area contributed by atoms with E-state index in [9.17, 15) is 9.59 Å². The van der Waals surface area contributed by atoms with E-state index in [2.05, 4.69) is 16.5 Å². The molecule has 1 N–H and O–H groups in total. The Kier molecular flexibility index (Phi) is 6.69. The van der Waals surface area contributed by atoms with E-state index in [1.807, 2.05) is 12.1 Å². The van der Waals surface area contributed by atoms with E-state index in [1.54, 1.807) is 32.2 Å². The molecular weight excluding hydrogens is 370 g/mol. The molecule has 7 heteroatoms. The molecule has 7 nitrogen and oxygen atoms in total. The summed E-state index contributed by atoms with van der Waals surface area (Å²) >= 11 is 0. The van der Waals surface area contributed by atoms with Gasteiger partial charge >= 0.3 is 11.9 Å². The van der Waals surface area contributed by atoms with Crippen LogP contribution in [0.15, 0.2) is 30.5 Å². The molecular formula is C22H27N3O4. The van der Waals surface area contributed by atoms with E-state index < -0.39 is 0 Å². The number of hydrogen-bond donors (Lipinski definition) is 1. The first-order chi connectivity index (χ1) is 14.1. The molecule has 0 aliphatic rings. The lowest BCUT2D eigenvalue weighted by Gasteiger charge is -2.09. The Hall–Kier alpha value is -3.09. The van der Waals surface area contributed by atoms with Crippen LogP contribution in [0.4, 0.5) is 0 Å². The molecule has 0 aliphatic carbocycles. The van der Waals surface area contributed by atoms with Gasteiger partial charge in [0.2, 0.25) is 0 Å². The summed E-state index contributed by atoms with van der Waals surface area (Å²) in [6, 6.07) is 7.37. The van der Waals surface area contributed by atoms with Gasteiger partial charge in [-0.3, -0.25) is 0 Å². The second kappa shape index (κ2) is 9.41. The Bertz CT molecular complexity index is 986. The van der Waals surface area contributed by atoms with Gasteiger partial charge in [-0.25, -0.2) is 14.6 Å². The highest BCUT2D eigenvalue weighted by molar-refractivity contribution is 6.01. The van der Waals surface area contributed by atoms with Crippen LogP contribution in [-0.2, 0) is 22.4 Å². The van der Waals surface area contributed by atoms with Crippen LogP contribution in [0.3, 0.4) is 0 Å². The van der Waals surface area contributed by atoms with E-state index in [1.165, 1.54) is 0 Å². The standard InChI is InChI=1S/C22H27N3O4/c1-4-7-8-18-24-19-17(22(27)29-6-3)13-23-20(19)25(18)14-15-9-11-16(12-10-15)21(26)28-5-2/h9-13,23H,4-8,14H2,1-3H3. The molecule has 0 amide bonds. The van der Waals surface area contributed by atoms with Gasteiger partial charge in [-0.05, 0) is 38.0 Å². The largest absolute Gasteiger partial charge is 0.462 e. The van der Waals surface area contributed by atoms with Gasteiger partial charge in [0.05, 0.1) is 25.3 Å². The third kappa shape index (κ3) is 4.50. The highest BCUT2D eigenvalue weighted by atomic mass is 16.5. The van der Waals surface area contributed by atoms with E-state index in [4.69, 9.17) is 14.5 Å². The average molecular weight is 397 g/mol. The molecule has 3 aromatic rings. The van der Waals surface area contributed by atoms with E-state index >= 15 is 0 Å². The van der Waals surface area contributed by atoms with Crippen LogP contribution < -0.4 is 0 Å². The van der Waals surface area contributed by atoms with Gasteiger partial charge in [0.25, 0.3) is 0 Å². The molecule has 2 aromatic heterocycles. The van der Waals surface area contributed by atoms with Crippen LogP contribution in [0.5, 0.6) is 0 Å². The number of benzene rings is 1. The summed E-state index contributed by atoms with van der Waals surface area (Å²) in [6.07, 6.45) is 4.54. The van der Waals surface area contributed by atoms with Crippen molar-refractivity contribution in [3.05, 3.63) is 53.0 Å². The molecule has 0 saturated carbocycles. The van der Waals surface area contributed by atoms with E-state index in [0.717, 1.165) is 36.3 Å². The Balaban J connectivity index is 1.92. The number of nitrogens with one attached hydrogen (secondary N) is 1. The predicted octanol–water partition coefficient (Wildman–Crippen LogP) is 4.11. The first-order valence-corrected chi connectivity index (χ1v) is 10.1. The molecule has 0 aliphatic heterocycles. The number of aryl methyl sites for hydroxylation is 1. The number of esters is 2. The second-order valence-corrected chi connectivity index (χ2v) is 6.76. The number of nitrogens with zero attached hydrogens (tertiary/aromatic N) is 2. The first kappa shape index (κ1) is 20.6. The Labute approximate surface area is 170 Å². The van der Waals surface area contributed by atoms with E-state index in [0.29, 0.717) is 36.4 Å². The number of aromatic amines is 1.